The number of H-pyrrole nitrogens is 1. The number of aromatic nitrogens is 4. The van der Waals surface area contributed by atoms with Gasteiger partial charge in [0.15, 0.2) is 5.82 Å². The number of nitrogen functional groups attached to an aromatic ring is 1. The Labute approximate surface area is 148 Å². The summed E-state index contributed by atoms with van der Waals surface area (Å²) in [4.78, 5) is 42.2. The van der Waals surface area contributed by atoms with Gasteiger partial charge >= 0.3 is 0 Å². The monoisotopic (exact) mass is 348 g/mol. The summed E-state index contributed by atoms with van der Waals surface area (Å²) in [6.07, 6.45) is 3.55. The molecule has 1 aliphatic heterocycles. The van der Waals surface area contributed by atoms with E-state index in [0.717, 1.165) is 0 Å². The number of carbonyl (C=O) groups is 1. The third-order valence-corrected chi connectivity index (χ3v) is 4.30. The normalized spacial score (nSPS) is 13.3. The van der Waals surface area contributed by atoms with Crippen molar-refractivity contribution in [3.63, 3.8) is 0 Å². The molecule has 0 spiro atoms. The second-order valence-electron chi connectivity index (χ2n) is 6.00. The second-order valence-corrected chi connectivity index (χ2v) is 6.00. The number of nitrogens with zero attached hydrogens (tertiary/aromatic N) is 4. The number of amides is 1. The number of hydrogen-bond acceptors (Lipinski definition) is 6. The van der Waals surface area contributed by atoms with Crippen LogP contribution in [0.25, 0.3) is 11.5 Å². The SMILES string of the molecule is Nc1ccc(C(=O)N2CCc3c(nc(-c4ccccn4)[nH]c3=O)C2)cn1. The molecule has 0 aliphatic carbocycles. The second kappa shape index (κ2) is 6.40. The lowest BCUT2D eigenvalue weighted by Crippen LogP contribution is -2.39. The van der Waals surface area contributed by atoms with E-state index in [4.69, 9.17) is 5.73 Å². The zero-order valence-electron chi connectivity index (χ0n) is 13.8. The Morgan fingerprint density at radius 2 is 2.08 bits per heavy atom. The van der Waals surface area contributed by atoms with Crippen molar-refractivity contribution in [1.82, 2.24) is 24.8 Å². The molecule has 0 saturated heterocycles. The highest BCUT2D eigenvalue weighted by Crippen LogP contribution is 2.19. The van der Waals surface area contributed by atoms with Crippen LogP contribution < -0.4 is 11.3 Å². The number of fused-ring (bicyclic) bond motifs is 1. The van der Waals surface area contributed by atoms with Crippen LogP contribution in [0.1, 0.15) is 21.6 Å². The van der Waals surface area contributed by atoms with Gasteiger partial charge in [-0.05, 0) is 30.7 Å². The number of aromatic amines is 1. The Hall–Kier alpha value is -3.55. The number of nitrogens with one attached hydrogen (secondary N) is 1. The van der Waals surface area contributed by atoms with Crippen molar-refractivity contribution in [2.45, 2.75) is 13.0 Å². The molecule has 0 atom stereocenters. The molecule has 0 saturated carbocycles. The van der Waals surface area contributed by atoms with Gasteiger partial charge in [-0.3, -0.25) is 14.6 Å². The summed E-state index contributed by atoms with van der Waals surface area (Å²) in [6, 6.07) is 8.63. The molecular weight excluding hydrogens is 332 g/mol. The van der Waals surface area contributed by atoms with Crippen LogP contribution in [0.15, 0.2) is 47.5 Å². The Morgan fingerprint density at radius 1 is 1.19 bits per heavy atom. The highest BCUT2D eigenvalue weighted by molar-refractivity contribution is 5.94. The molecule has 130 valence electrons. The fraction of sp³-hybridized carbons (Fsp3) is 0.167. The van der Waals surface area contributed by atoms with E-state index in [9.17, 15) is 9.59 Å². The molecule has 0 bridgehead atoms. The standard InChI is InChI=1S/C18H16N6O2/c19-15-5-4-11(9-21-15)18(26)24-8-6-12-14(10-24)22-16(23-17(12)25)13-3-1-2-7-20-13/h1-5,7,9H,6,8,10H2,(H2,19,21)(H,22,23,25). The first-order valence-corrected chi connectivity index (χ1v) is 8.16. The van der Waals surface area contributed by atoms with E-state index in [-0.39, 0.29) is 18.0 Å². The van der Waals surface area contributed by atoms with Crippen molar-refractivity contribution >= 4 is 11.7 Å². The largest absolute Gasteiger partial charge is 0.384 e. The maximum Gasteiger partial charge on any atom is 0.255 e. The molecule has 4 rings (SSSR count). The predicted molar refractivity (Wildman–Crippen MR) is 95.2 cm³/mol. The van der Waals surface area contributed by atoms with Crippen LogP contribution >= 0.6 is 0 Å². The maximum absolute atomic E-state index is 12.7. The molecule has 0 aromatic carbocycles. The molecule has 3 N–H and O–H groups in total. The number of rotatable bonds is 2. The smallest absolute Gasteiger partial charge is 0.255 e. The fourth-order valence-corrected chi connectivity index (χ4v) is 2.95. The van der Waals surface area contributed by atoms with E-state index >= 15 is 0 Å². The molecule has 8 nitrogen and oxygen atoms in total. The van der Waals surface area contributed by atoms with Crippen molar-refractivity contribution in [3.05, 3.63) is 69.9 Å². The van der Waals surface area contributed by atoms with Gasteiger partial charge in [-0.15, -0.1) is 0 Å². The molecule has 8 heteroatoms. The van der Waals surface area contributed by atoms with Crippen molar-refractivity contribution in [2.75, 3.05) is 12.3 Å². The zero-order valence-corrected chi connectivity index (χ0v) is 13.8. The van der Waals surface area contributed by atoms with Gasteiger partial charge in [0.2, 0.25) is 0 Å². The van der Waals surface area contributed by atoms with Gasteiger partial charge in [0.1, 0.15) is 11.5 Å². The third kappa shape index (κ3) is 2.92. The number of carbonyl (C=O) groups excluding carboxylic acids is 1. The minimum atomic E-state index is -0.183. The Bertz CT molecular complexity index is 1010. The number of anilines is 1. The molecule has 0 unspecified atom stereocenters. The molecule has 1 aliphatic rings. The zero-order chi connectivity index (χ0) is 18.1. The first-order valence-electron chi connectivity index (χ1n) is 8.16. The van der Waals surface area contributed by atoms with Gasteiger partial charge in [-0.25, -0.2) is 9.97 Å². The number of pyridine rings is 2. The van der Waals surface area contributed by atoms with Crippen LogP contribution in [-0.4, -0.2) is 37.3 Å². The van der Waals surface area contributed by atoms with Gasteiger partial charge in [0.25, 0.3) is 11.5 Å². The van der Waals surface area contributed by atoms with Gasteiger partial charge in [-0.2, -0.15) is 0 Å². The highest BCUT2D eigenvalue weighted by Gasteiger charge is 2.25. The van der Waals surface area contributed by atoms with Crippen molar-refractivity contribution in [2.24, 2.45) is 0 Å². The molecule has 3 aromatic rings. The Morgan fingerprint density at radius 3 is 2.81 bits per heavy atom. The first-order chi connectivity index (χ1) is 12.6. The van der Waals surface area contributed by atoms with Gasteiger partial charge < -0.3 is 15.6 Å². The minimum Gasteiger partial charge on any atom is -0.384 e. The van der Waals surface area contributed by atoms with E-state index < -0.39 is 0 Å². The van der Waals surface area contributed by atoms with Crippen molar-refractivity contribution in [3.8, 4) is 11.5 Å². The van der Waals surface area contributed by atoms with E-state index in [0.29, 0.717) is 47.1 Å². The van der Waals surface area contributed by atoms with Gasteiger partial charge in [0.05, 0.1) is 17.8 Å². The highest BCUT2D eigenvalue weighted by atomic mass is 16.2. The molecule has 4 heterocycles. The van der Waals surface area contributed by atoms with E-state index in [2.05, 4.69) is 19.9 Å². The topological polar surface area (TPSA) is 118 Å². The minimum absolute atomic E-state index is 0.162. The molecule has 1 amide bonds. The first kappa shape index (κ1) is 15.9. The van der Waals surface area contributed by atoms with Crippen molar-refractivity contribution in [1.29, 1.82) is 0 Å². The summed E-state index contributed by atoms with van der Waals surface area (Å²) in [5, 5.41) is 0. The average molecular weight is 348 g/mol. The summed E-state index contributed by atoms with van der Waals surface area (Å²) in [5.41, 5.74) is 7.63. The third-order valence-electron chi connectivity index (χ3n) is 4.30. The number of nitrogens with two attached hydrogens (primary N) is 1. The molecule has 0 radical (unpaired) electrons. The van der Waals surface area contributed by atoms with Gasteiger partial charge in [-0.1, -0.05) is 6.07 Å². The van der Waals surface area contributed by atoms with Crippen LogP contribution in [0.5, 0.6) is 0 Å². The van der Waals surface area contributed by atoms with Crippen LogP contribution in [0.4, 0.5) is 5.82 Å². The molecular formula is C18H16N6O2. The summed E-state index contributed by atoms with van der Waals surface area (Å²) < 4.78 is 0. The summed E-state index contributed by atoms with van der Waals surface area (Å²) in [5.74, 6) is 0.598. The summed E-state index contributed by atoms with van der Waals surface area (Å²) >= 11 is 0. The Balaban J connectivity index is 1.65. The fourth-order valence-electron chi connectivity index (χ4n) is 2.95. The lowest BCUT2D eigenvalue weighted by Gasteiger charge is -2.27. The summed E-state index contributed by atoms with van der Waals surface area (Å²) in [6.45, 7) is 0.714. The average Bonchev–Trinajstić information content (AvgIpc) is 2.68. The quantitative estimate of drug-likeness (QED) is 0.713. The van der Waals surface area contributed by atoms with Crippen LogP contribution in [0.2, 0.25) is 0 Å². The van der Waals surface area contributed by atoms with Crippen LogP contribution in [0.3, 0.4) is 0 Å². The molecule has 3 aromatic heterocycles. The van der Waals surface area contributed by atoms with Crippen LogP contribution in [-0.2, 0) is 13.0 Å². The van der Waals surface area contributed by atoms with Crippen LogP contribution in [0, 0.1) is 0 Å². The maximum atomic E-state index is 12.7. The predicted octanol–water partition coefficient (Wildman–Crippen LogP) is 1.01. The molecule has 26 heavy (non-hydrogen) atoms. The molecule has 0 fully saturated rings. The van der Waals surface area contributed by atoms with E-state index in [1.54, 1.807) is 35.4 Å². The Kier molecular flexibility index (Phi) is 3.92. The van der Waals surface area contributed by atoms with Crippen molar-refractivity contribution < 1.29 is 4.79 Å². The summed E-state index contributed by atoms with van der Waals surface area (Å²) in [7, 11) is 0. The number of hydrogen-bond donors (Lipinski definition) is 2. The lowest BCUT2D eigenvalue weighted by molar-refractivity contribution is 0.0731. The van der Waals surface area contributed by atoms with Gasteiger partial charge in [0, 0.05) is 24.5 Å². The van der Waals surface area contributed by atoms with E-state index in [1.165, 1.54) is 6.20 Å². The van der Waals surface area contributed by atoms with E-state index in [1.807, 2.05) is 6.07 Å². The lowest BCUT2D eigenvalue weighted by atomic mass is 10.1.